The second-order valence-corrected chi connectivity index (χ2v) is 36.5. The second-order valence-electron chi connectivity index (χ2n) is 11.8. The van der Waals surface area contributed by atoms with Crippen molar-refractivity contribution in [1.29, 1.82) is 0 Å². The molecule has 0 aromatic rings. The Morgan fingerprint density at radius 1 is 0.656 bits per heavy atom. The lowest BCUT2D eigenvalue weighted by Gasteiger charge is -2.52. The lowest BCUT2D eigenvalue weighted by atomic mass is 10.5. The van der Waals surface area contributed by atoms with Crippen molar-refractivity contribution < 1.29 is 8.54 Å². The summed E-state index contributed by atoms with van der Waals surface area (Å²) in [6.07, 6.45) is 1.33. The van der Waals surface area contributed by atoms with Crippen LogP contribution in [0.1, 0.15) is 54.9 Å². The van der Waals surface area contributed by atoms with E-state index in [1.54, 1.807) is 0 Å². The first-order valence-electron chi connectivity index (χ1n) is 13.7. The van der Waals surface area contributed by atoms with Crippen molar-refractivity contribution in [2.75, 3.05) is 13.7 Å². The van der Waals surface area contributed by atoms with Gasteiger partial charge in [-0.25, -0.2) is 0 Å². The van der Waals surface area contributed by atoms with Crippen molar-refractivity contribution in [3.8, 4) is 0 Å². The third-order valence-electron chi connectivity index (χ3n) is 9.41. The minimum absolute atomic E-state index is 0.601. The van der Waals surface area contributed by atoms with Crippen LogP contribution >= 0.6 is 0 Å². The van der Waals surface area contributed by atoms with Crippen LogP contribution in [-0.4, -0.2) is 59.3 Å². The van der Waals surface area contributed by atoms with E-state index in [1.165, 1.54) is 55.3 Å². The molecule has 0 saturated carbocycles. The van der Waals surface area contributed by atoms with Gasteiger partial charge in [0, 0.05) is 7.11 Å². The Morgan fingerprint density at radius 2 is 1.03 bits per heavy atom. The molecule has 0 radical (unpaired) electrons. The smallest absolute Gasteiger partial charge is 0.188 e. The average molecular weight is 536 g/mol. The van der Waals surface area contributed by atoms with Crippen LogP contribution in [0.2, 0.25) is 86.8 Å². The van der Waals surface area contributed by atoms with Crippen LogP contribution in [-0.2, 0) is 8.54 Å². The molecule has 0 fully saturated rings. The van der Waals surface area contributed by atoms with Crippen molar-refractivity contribution in [3.63, 3.8) is 0 Å². The van der Waals surface area contributed by atoms with Crippen molar-refractivity contribution in [2.45, 2.75) is 142 Å². The monoisotopic (exact) mass is 535 g/mol. The summed E-state index contributed by atoms with van der Waals surface area (Å²) >= 11 is 0. The highest BCUT2D eigenvalue weighted by atomic mass is 28.5. The van der Waals surface area contributed by atoms with E-state index in [0.29, 0.717) is 5.16 Å². The Kier molecular flexibility index (Phi) is 13.7. The molecule has 0 N–H and O–H groups in total. The van der Waals surface area contributed by atoms with Gasteiger partial charge >= 0.3 is 0 Å². The van der Waals surface area contributed by atoms with E-state index in [9.17, 15) is 0 Å². The zero-order valence-electron chi connectivity index (χ0n) is 24.7. The molecule has 0 saturated heterocycles. The highest BCUT2D eigenvalue weighted by Gasteiger charge is 2.47. The minimum Gasteiger partial charge on any atom is -0.455 e. The molecule has 0 aliphatic rings. The molecule has 194 valence electrons. The molecule has 0 heterocycles. The molecular weight excluding hydrogens is 475 g/mol. The van der Waals surface area contributed by atoms with Crippen molar-refractivity contribution in [2.24, 2.45) is 0 Å². The normalized spacial score (nSPS) is 15.5. The predicted molar refractivity (Wildman–Crippen MR) is 160 cm³/mol. The summed E-state index contributed by atoms with van der Waals surface area (Å²) in [6, 6.07) is 9.80. The highest BCUT2D eigenvalue weighted by Crippen LogP contribution is 2.38. The van der Waals surface area contributed by atoms with Gasteiger partial charge in [0.1, 0.15) is 16.5 Å². The van der Waals surface area contributed by atoms with Crippen LogP contribution in [0.3, 0.4) is 0 Å². The van der Waals surface area contributed by atoms with Gasteiger partial charge in [-0.15, -0.1) is 0 Å². The summed E-state index contributed by atoms with van der Waals surface area (Å²) in [5, 5.41) is 0.601. The third-order valence-corrected chi connectivity index (χ3v) is 38.2. The molecule has 0 aromatic heterocycles. The van der Waals surface area contributed by atoms with Crippen molar-refractivity contribution in [3.05, 3.63) is 0 Å². The standard InChI is InChI=1S/C24H61NO2Si5/c1-15-31(16-2,17-3)25(32(18-4,19-5)20-6)22-21-23-28(9,10)27-30(13,14)24(7)29(11,12)26-8/h24H,15-23H2,1-14H3. The zero-order chi connectivity index (χ0) is 25.4. The Labute approximate surface area is 209 Å². The maximum Gasteiger partial charge on any atom is 0.188 e. The SMILES string of the molecule is CC[Si](CC)(CC)N(CCC[Si](C)(C)O[Si](C)(C)C(C)[Si](C)(C)OC)[Si](CC)(CC)CC. The molecule has 0 rings (SSSR count). The highest BCUT2D eigenvalue weighted by molar-refractivity contribution is 6.96. The number of hydrogen-bond donors (Lipinski definition) is 0. The molecule has 0 aliphatic carbocycles. The van der Waals surface area contributed by atoms with E-state index in [2.05, 4.69) is 92.0 Å². The molecule has 0 spiro atoms. The molecule has 1 atom stereocenters. The van der Waals surface area contributed by atoms with Crippen LogP contribution in [0.15, 0.2) is 0 Å². The van der Waals surface area contributed by atoms with Gasteiger partial charge in [0.05, 0.1) is 0 Å². The molecule has 8 heteroatoms. The first-order valence-corrected chi connectivity index (χ1v) is 27.9. The molecule has 3 nitrogen and oxygen atoms in total. The predicted octanol–water partition coefficient (Wildman–Crippen LogP) is 8.90. The minimum atomic E-state index is -1.79. The molecule has 1 unspecified atom stereocenters. The fourth-order valence-corrected chi connectivity index (χ4v) is 35.3. The molecule has 0 aromatic carbocycles. The first kappa shape index (κ1) is 33.0. The van der Waals surface area contributed by atoms with Crippen LogP contribution in [0.4, 0.5) is 0 Å². The zero-order valence-corrected chi connectivity index (χ0v) is 29.7. The van der Waals surface area contributed by atoms with E-state index in [-0.39, 0.29) is 0 Å². The van der Waals surface area contributed by atoms with E-state index in [1.807, 2.05) is 7.11 Å². The Bertz CT molecular complexity index is 498. The average Bonchev–Trinajstić information content (AvgIpc) is 2.75. The third kappa shape index (κ3) is 8.00. The van der Waals surface area contributed by atoms with Crippen molar-refractivity contribution in [1.82, 2.24) is 4.23 Å². The van der Waals surface area contributed by atoms with E-state index >= 15 is 0 Å². The van der Waals surface area contributed by atoms with E-state index in [0.717, 1.165) is 0 Å². The lowest BCUT2D eigenvalue weighted by Crippen LogP contribution is -2.66. The maximum absolute atomic E-state index is 7.12. The quantitative estimate of drug-likeness (QED) is 0.173. The molecular formula is C24H61NO2Si5. The molecule has 32 heavy (non-hydrogen) atoms. The van der Waals surface area contributed by atoms with Crippen LogP contribution in [0.25, 0.3) is 0 Å². The number of hydrogen-bond acceptors (Lipinski definition) is 3. The summed E-state index contributed by atoms with van der Waals surface area (Å²) in [6.45, 7) is 33.2. The van der Waals surface area contributed by atoms with Gasteiger partial charge in [0.2, 0.25) is 0 Å². The van der Waals surface area contributed by atoms with Gasteiger partial charge < -0.3 is 12.8 Å². The van der Waals surface area contributed by atoms with Crippen molar-refractivity contribution >= 4 is 41.4 Å². The molecule has 0 amide bonds. The fourth-order valence-electron chi connectivity index (χ4n) is 6.15. The summed E-state index contributed by atoms with van der Waals surface area (Å²) in [7, 11) is -6.01. The Hall–Kier alpha value is 0.964. The summed E-state index contributed by atoms with van der Waals surface area (Å²) < 4.78 is 16.3. The second kappa shape index (κ2) is 13.3. The van der Waals surface area contributed by atoms with Gasteiger partial charge in [-0.1, -0.05) is 48.5 Å². The fraction of sp³-hybridized carbons (Fsp3) is 1.00. The van der Waals surface area contributed by atoms with E-state index in [4.69, 9.17) is 8.54 Å². The first-order chi connectivity index (χ1) is 14.6. The van der Waals surface area contributed by atoms with Gasteiger partial charge in [0.15, 0.2) is 25.0 Å². The Balaban J connectivity index is 5.59. The number of nitrogens with zero attached hydrogens (tertiary/aromatic N) is 1. The van der Waals surface area contributed by atoms with Gasteiger partial charge in [-0.2, -0.15) is 0 Å². The summed E-state index contributed by atoms with van der Waals surface area (Å²) in [4.78, 5) is 0. The molecule has 0 aliphatic heterocycles. The summed E-state index contributed by atoms with van der Waals surface area (Å²) in [5.41, 5.74) is 0. The van der Waals surface area contributed by atoms with Crippen LogP contribution in [0, 0.1) is 0 Å². The maximum atomic E-state index is 7.12. The van der Waals surface area contributed by atoms with Crippen LogP contribution < -0.4 is 0 Å². The number of rotatable bonds is 17. The Morgan fingerprint density at radius 3 is 1.34 bits per heavy atom. The molecule has 0 bridgehead atoms. The van der Waals surface area contributed by atoms with Crippen LogP contribution in [0.5, 0.6) is 0 Å². The van der Waals surface area contributed by atoms with Gasteiger partial charge in [-0.05, 0) is 99.7 Å². The largest absolute Gasteiger partial charge is 0.455 e. The lowest BCUT2D eigenvalue weighted by molar-refractivity contribution is 0.395. The van der Waals surface area contributed by atoms with Gasteiger partial charge in [-0.3, -0.25) is 0 Å². The summed E-state index contributed by atoms with van der Waals surface area (Å²) in [5.74, 6) is 0. The van der Waals surface area contributed by atoms with E-state index < -0.39 is 41.4 Å². The van der Waals surface area contributed by atoms with Gasteiger partial charge in [0.25, 0.3) is 0 Å². The topological polar surface area (TPSA) is 21.7 Å².